The molecule has 0 heterocycles. The SMILES string of the molecule is CCCNC(C(=O)NCCc1ccc(F)cc1)c1ccc(C#N)c(C(F)(F)F)c1. The van der Waals surface area contributed by atoms with E-state index in [1.165, 1.54) is 24.3 Å². The quantitative estimate of drug-likeness (QED) is 0.647. The van der Waals surface area contributed by atoms with Gasteiger partial charge in [0.25, 0.3) is 0 Å². The molecule has 2 rings (SSSR count). The van der Waals surface area contributed by atoms with E-state index in [4.69, 9.17) is 5.26 Å². The molecule has 2 aromatic carbocycles. The van der Waals surface area contributed by atoms with Gasteiger partial charge in [0.1, 0.15) is 11.9 Å². The van der Waals surface area contributed by atoms with E-state index in [1.54, 1.807) is 12.1 Å². The van der Waals surface area contributed by atoms with Crippen LogP contribution in [0.5, 0.6) is 0 Å². The minimum atomic E-state index is -4.70. The average molecular weight is 407 g/mol. The molecular formula is C21H21F4N3O. The summed E-state index contributed by atoms with van der Waals surface area (Å²) in [6, 6.07) is 9.64. The highest BCUT2D eigenvalue weighted by molar-refractivity contribution is 5.83. The fraction of sp³-hybridized carbons (Fsp3) is 0.333. The molecule has 1 atom stereocenters. The third-order valence-corrected chi connectivity index (χ3v) is 4.29. The molecule has 0 fully saturated rings. The second-order valence-corrected chi connectivity index (χ2v) is 6.47. The van der Waals surface area contributed by atoms with Crippen LogP contribution in [0.25, 0.3) is 0 Å². The summed E-state index contributed by atoms with van der Waals surface area (Å²) in [5.74, 6) is -0.832. The second-order valence-electron chi connectivity index (χ2n) is 6.47. The van der Waals surface area contributed by atoms with Gasteiger partial charge in [-0.1, -0.05) is 25.1 Å². The zero-order chi connectivity index (χ0) is 21.4. The molecule has 4 nitrogen and oxygen atoms in total. The maximum atomic E-state index is 13.3. The Hall–Kier alpha value is -2.92. The monoisotopic (exact) mass is 407 g/mol. The second kappa shape index (κ2) is 10.0. The average Bonchev–Trinajstić information content (AvgIpc) is 2.69. The zero-order valence-corrected chi connectivity index (χ0v) is 15.8. The first-order valence-corrected chi connectivity index (χ1v) is 9.13. The fourth-order valence-electron chi connectivity index (χ4n) is 2.81. The Labute approximate surface area is 166 Å². The van der Waals surface area contributed by atoms with E-state index in [2.05, 4.69) is 10.6 Å². The summed E-state index contributed by atoms with van der Waals surface area (Å²) < 4.78 is 52.7. The molecule has 2 N–H and O–H groups in total. The number of nitrogens with zero attached hydrogens (tertiary/aromatic N) is 1. The fourth-order valence-corrected chi connectivity index (χ4v) is 2.81. The number of amides is 1. The van der Waals surface area contributed by atoms with Crippen LogP contribution in [0.15, 0.2) is 42.5 Å². The van der Waals surface area contributed by atoms with Gasteiger partial charge in [0.05, 0.1) is 17.2 Å². The molecule has 1 unspecified atom stereocenters. The van der Waals surface area contributed by atoms with Gasteiger partial charge in [-0.2, -0.15) is 18.4 Å². The van der Waals surface area contributed by atoms with Gasteiger partial charge in [-0.3, -0.25) is 4.79 Å². The third-order valence-electron chi connectivity index (χ3n) is 4.29. The van der Waals surface area contributed by atoms with Gasteiger partial charge in [0.2, 0.25) is 5.91 Å². The van der Waals surface area contributed by atoms with Gasteiger partial charge in [-0.15, -0.1) is 0 Å². The first-order chi connectivity index (χ1) is 13.8. The summed E-state index contributed by atoms with van der Waals surface area (Å²) in [4.78, 5) is 12.6. The lowest BCUT2D eigenvalue weighted by molar-refractivity contribution is -0.138. The van der Waals surface area contributed by atoms with Crippen molar-refractivity contribution in [2.24, 2.45) is 0 Å². The minimum absolute atomic E-state index is 0.129. The van der Waals surface area contributed by atoms with E-state index in [1.807, 2.05) is 6.92 Å². The van der Waals surface area contributed by atoms with Crippen LogP contribution in [0.3, 0.4) is 0 Å². The number of rotatable bonds is 8. The van der Waals surface area contributed by atoms with E-state index >= 15 is 0 Å². The molecule has 0 aliphatic heterocycles. The summed E-state index contributed by atoms with van der Waals surface area (Å²) in [5.41, 5.74) is -0.612. The van der Waals surface area contributed by atoms with Crippen molar-refractivity contribution < 1.29 is 22.4 Å². The Balaban J connectivity index is 2.16. The van der Waals surface area contributed by atoms with Crippen LogP contribution in [0.1, 0.15) is 41.6 Å². The first kappa shape index (κ1) is 22.4. The lowest BCUT2D eigenvalue weighted by atomic mass is 9.98. The highest BCUT2D eigenvalue weighted by atomic mass is 19.4. The van der Waals surface area contributed by atoms with Gasteiger partial charge >= 0.3 is 6.18 Å². The number of halogens is 4. The molecule has 0 bridgehead atoms. The Kier molecular flexibility index (Phi) is 7.74. The molecule has 0 saturated carbocycles. The number of benzene rings is 2. The highest BCUT2D eigenvalue weighted by Gasteiger charge is 2.35. The molecule has 0 aliphatic carbocycles. The van der Waals surface area contributed by atoms with E-state index < -0.39 is 29.3 Å². The molecule has 2 aromatic rings. The predicted octanol–water partition coefficient (Wildman–Crippen LogP) is 4.12. The van der Waals surface area contributed by atoms with Crippen molar-refractivity contribution in [1.82, 2.24) is 10.6 Å². The van der Waals surface area contributed by atoms with Crippen molar-refractivity contribution >= 4 is 5.91 Å². The molecule has 0 spiro atoms. The van der Waals surface area contributed by atoms with E-state index in [-0.39, 0.29) is 17.9 Å². The molecule has 0 radical (unpaired) electrons. The Morgan fingerprint density at radius 1 is 1.14 bits per heavy atom. The van der Waals surface area contributed by atoms with Crippen molar-refractivity contribution in [2.45, 2.75) is 32.0 Å². The summed E-state index contributed by atoms with van der Waals surface area (Å²) in [6.45, 7) is 2.55. The molecular weight excluding hydrogens is 386 g/mol. The van der Waals surface area contributed by atoms with E-state index in [9.17, 15) is 22.4 Å². The number of carbonyl (C=O) groups excluding carboxylic acids is 1. The summed E-state index contributed by atoms with van der Waals surface area (Å²) in [6.07, 6.45) is -3.56. The van der Waals surface area contributed by atoms with Crippen LogP contribution in [-0.4, -0.2) is 19.0 Å². The van der Waals surface area contributed by atoms with Gasteiger partial charge in [0, 0.05) is 6.54 Å². The maximum Gasteiger partial charge on any atom is 0.417 e. The van der Waals surface area contributed by atoms with Gasteiger partial charge in [-0.25, -0.2) is 4.39 Å². The molecule has 154 valence electrons. The van der Waals surface area contributed by atoms with Crippen LogP contribution in [-0.2, 0) is 17.4 Å². The van der Waals surface area contributed by atoms with Crippen molar-refractivity contribution in [2.75, 3.05) is 13.1 Å². The van der Waals surface area contributed by atoms with Gasteiger partial charge in [-0.05, 0) is 54.8 Å². The lowest BCUT2D eigenvalue weighted by Gasteiger charge is -2.20. The molecule has 0 aromatic heterocycles. The summed E-state index contributed by atoms with van der Waals surface area (Å²) in [7, 11) is 0. The molecule has 29 heavy (non-hydrogen) atoms. The smallest absolute Gasteiger partial charge is 0.354 e. The van der Waals surface area contributed by atoms with Gasteiger partial charge < -0.3 is 10.6 Å². The van der Waals surface area contributed by atoms with Crippen molar-refractivity contribution in [3.8, 4) is 6.07 Å². The highest BCUT2D eigenvalue weighted by Crippen LogP contribution is 2.33. The zero-order valence-electron chi connectivity index (χ0n) is 15.8. The lowest BCUT2D eigenvalue weighted by Crippen LogP contribution is -2.39. The standard InChI is InChI=1S/C21H21F4N3O/c1-2-10-27-19(15-5-6-16(13-26)18(12-15)21(23,24)25)20(29)28-11-9-14-3-7-17(22)8-4-14/h3-8,12,19,27H,2,9-11H2,1H3,(H,28,29). The number of carbonyl (C=O) groups is 1. The molecule has 1 amide bonds. The van der Waals surface area contributed by atoms with Crippen molar-refractivity contribution in [3.63, 3.8) is 0 Å². The van der Waals surface area contributed by atoms with Crippen LogP contribution in [0, 0.1) is 17.1 Å². The number of hydrogen-bond acceptors (Lipinski definition) is 3. The van der Waals surface area contributed by atoms with Gasteiger partial charge in [0.15, 0.2) is 0 Å². The molecule has 8 heteroatoms. The number of nitriles is 1. The molecule has 0 saturated heterocycles. The number of hydrogen-bond donors (Lipinski definition) is 2. The Morgan fingerprint density at radius 2 is 1.83 bits per heavy atom. The van der Waals surface area contributed by atoms with Crippen molar-refractivity contribution in [3.05, 3.63) is 70.5 Å². The summed E-state index contributed by atoms with van der Waals surface area (Å²) >= 11 is 0. The predicted molar refractivity (Wildman–Crippen MR) is 100 cm³/mol. The third kappa shape index (κ3) is 6.29. The largest absolute Gasteiger partial charge is 0.417 e. The summed E-state index contributed by atoms with van der Waals surface area (Å²) in [5, 5.41) is 14.6. The normalized spacial score (nSPS) is 12.3. The van der Waals surface area contributed by atoms with Crippen LogP contribution in [0.2, 0.25) is 0 Å². The van der Waals surface area contributed by atoms with E-state index in [0.29, 0.717) is 19.4 Å². The minimum Gasteiger partial charge on any atom is -0.354 e. The number of nitrogens with one attached hydrogen (secondary N) is 2. The maximum absolute atomic E-state index is 13.3. The molecule has 0 aliphatic rings. The number of alkyl halides is 3. The van der Waals surface area contributed by atoms with Crippen LogP contribution >= 0.6 is 0 Å². The Morgan fingerprint density at radius 3 is 2.41 bits per heavy atom. The Bertz CT molecular complexity index is 873. The topological polar surface area (TPSA) is 64.9 Å². The van der Waals surface area contributed by atoms with Crippen LogP contribution < -0.4 is 10.6 Å². The first-order valence-electron chi connectivity index (χ1n) is 9.13. The van der Waals surface area contributed by atoms with Crippen molar-refractivity contribution in [1.29, 1.82) is 5.26 Å². The van der Waals surface area contributed by atoms with Crippen LogP contribution in [0.4, 0.5) is 17.6 Å². The van der Waals surface area contributed by atoms with E-state index in [0.717, 1.165) is 17.7 Å².